The summed E-state index contributed by atoms with van der Waals surface area (Å²) in [4.78, 5) is 13.5. The number of hydrogen-bond donors (Lipinski definition) is 1. The van der Waals surface area contributed by atoms with E-state index in [0.717, 1.165) is 60.3 Å². The van der Waals surface area contributed by atoms with Crippen LogP contribution in [0.25, 0.3) is 28.0 Å². The lowest BCUT2D eigenvalue weighted by atomic mass is 9.97. The number of aryl methyl sites for hydroxylation is 3. The van der Waals surface area contributed by atoms with Crippen molar-refractivity contribution in [3.63, 3.8) is 0 Å². The molecule has 0 fully saturated rings. The number of nitrogens with one attached hydrogen (secondary N) is 1. The van der Waals surface area contributed by atoms with Gasteiger partial charge in [-0.1, -0.05) is 66.0 Å². The van der Waals surface area contributed by atoms with Crippen LogP contribution in [0.15, 0.2) is 48.7 Å². The molecule has 0 atom stereocenters. The van der Waals surface area contributed by atoms with Crippen molar-refractivity contribution in [3.05, 3.63) is 75.5 Å². The van der Waals surface area contributed by atoms with Crippen LogP contribution in [0.4, 0.5) is 0 Å². The van der Waals surface area contributed by atoms with E-state index < -0.39 is 0 Å². The van der Waals surface area contributed by atoms with Crippen molar-refractivity contribution in [1.29, 1.82) is 0 Å². The second kappa shape index (κ2) is 8.92. The van der Waals surface area contributed by atoms with Crippen LogP contribution < -0.4 is 5.32 Å². The maximum Gasteiger partial charge on any atom is 0.268 e. The summed E-state index contributed by atoms with van der Waals surface area (Å²) >= 11 is 12.5. The number of hydrogen-bond acceptors (Lipinski definition) is 1. The molecule has 1 amide bonds. The van der Waals surface area contributed by atoms with Crippen molar-refractivity contribution in [2.75, 3.05) is 6.54 Å². The number of carbonyl (C=O) groups is 1. The van der Waals surface area contributed by atoms with Gasteiger partial charge in [0.25, 0.3) is 5.91 Å². The van der Waals surface area contributed by atoms with E-state index in [4.69, 9.17) is 23.2 Å². The Morgan fingerprint density at radius 2 is 1.79 bits per heavy atom. The summed E-state index contributed by atoms with van der Waals surface area (Å²) < 4.78 is 4.44. The van der Waals surface area contributed by atoms with Crippen molar-refractivity contribution < 1.29 is 4.79 Å². The molecule has 4 aromatic rings. The van der Waals surface area contributed by atoms with Gasteiger partial charge in [0.1, 0.15) is 11.3 Å². The molecule has 170 valence electrons. The van der Waals surface area contributed by atoms with Gasteiger partial charge in [0, 0.05) is 36.0 Å². The second-order valence-electron chi connectivity index (χ2n) is 8.77. The molecule has 1 aliphatic heterocycles. The second-order valence-corrected chi connectivity index (χ2v) is 9.58. The molecule has 0 spiro atoms. The van der Waals surface area contributed by atoms with E-state index in [2.05, 4.69) is 58.6 Å². The minimum absolute atomic E-state index is 0.0351. The zero-order valence-corrected chi connectivity index (χ0v) is 20.4. The number of rotatable bonds is 5. The third kappa shape index (κ3) is 3.85. The Morgan fingerprint density at radius 1 is 1.03 bits per heavy atom. The third-order valence-electron chi connectivity index (χ3n) is 6.44. The summed E-state index contributed by atoms with van der Waals surface area (Å²) in [6.45, 7) is 5.69. The number of halogens is 2. The van der Waals surface area contributed by atoms with Crippen LogP contribution in [0.5, 0.6) is 0 Å². The zero-order valence-electron chi connectivity index (χ0n) is 18.9. The van der Waals surface area contributed by atoms with Crippen LogP contribution in [-0.2, 0) is 13.0 Å². The maximum absolute atomic E-state index is 13.5. The molecule has 0 saturated carbocycles. The molecule has 1 N–H and O–H groups in total. The predicted molar refractivity (Wildman–Crippen MR) is 137 cm³/mol. The van der Waals surface area contributed by atoms with Gasteiger partial charge in [-0.3, -0.25) is 9.20 Å². The molecule has 6 heteroatoms. The highest BCUT2D eigenvalue weighted by Gasteiger charge is 2.29. The number of amides is 1. The fourth-order valence-electron chi connectivity index (χ4n) is 4.85. The van der Waals surface area contributed by atoms with E-state index >= 15 is 0 Å². The molecule has 3 heterocycles. The van der Waals surface area contributed by atoms with Gasteiger partial charge in [-0.05, 0) is 50.3 Å². The molecule has 5 rings (SSSR count). The topological polar surface area (TPSA) is 38.4 Å². The Labute approximate surface area is 204 Å². The first kappa shape index (κ1) is 22.1. The van der Waals surface area contributed by atoms with Crippen molar-refractivity contribution in [1.82, 2.24) is 14.3 Å². The highest BCUT2D eigenvalue weighted by Crippen LogP contribution is 2.40. The van der Waals surface area contributed by atoms with E-state index in [1.165, 1.54) is 11.1 Å². The molecule has 2 aromatic heterocycles. The number of aromatic nitrogens is 2. The van der Waals surface area contributed by atoms with Crippen molar-refractivity contribution >= 4 is 34.8 Å². The molecule has 33 heavy (non-hydrogen) atoms. The Balaban J connectivity index is 1.80. The van der Waals surface area contributed by atoms with Crippen molar-refractivity contribution in [2.45, 2.75) is 46.1 Å². The van der Waals surface area contributed by atoms with Gasteiger partial charge in [0.05, 0.1) is 15.7 Å². The lowest BCUT2D eigenvalue weighted by Crippen LogP contribution is -2.25. The van der Waals surface area contributed by atoms with Gasteiger partial charge < -0.3 is 9.88 Å². The molecular weight excluding hydrogens is 453 g/mol. The summed E-state index contributed by atoms with van der Waals surface area (Å²) in [5, 5.41) is 4.18. The first-order chi connectivity index (χ1) is 16.0. The predicted octanol–water partition coefficient (Wildman–Crippen LogP) is 7.17. The summed E-state index contributed by atoms with van der Waals surface area (Å²) in [6, 6.07) is 14.2. The largest absolute Gasteiger partial charge is 0.351 e. The first-order valence-corrected chi connectivity index (χ1v) is 12.3. The maximum atomic E-state index is 13.5. The fraction of sp³-hybridized carbons (Fsp3) is 0.296. The number of carbonyl (C=O) groups excluding carboxylic acids is 1. The van der Waals surface area contributed by atoms with Crippen molar-refractivity contribution in [2.24, 2.45) is 0 Å². The number of benzene rings is 2. The van der Waals surface area contributed by atoms with E-state index in [1.54, 1.807) is 0 Å². The van der Waals surface area contributed by atoms with E-state index in [9.17, 15) is 4.79 Å². The monoisotopic (exact) mass is 479 g/mol. The van der Waals surface area contributed by atoms with Crippen LogP contribution in [0.3, 0.4) is 0 Å². The van der Waals surface area contributed by atoms with Gasteiger partial charge >= 0.3 is 0 Å². The van der Waals surface area contributed by atoms with Crippen LogP contribution in [0.1, 0.15) is 47.8 Å². The van der Waals surface area contributed by atoms with Crippen LogP contribution >= 0.6 is 23.2 Å². The van der Waals surface area contributed by atoms with E-state index in [1.807, 2.05) is 18.2 Å². The molecule has 0 saturated heterocycles. The van der Waals surface area contributed by atoms with E-state index in [0.29, 0.717) is 22.3 Å². The number of nitrogens with zero attached hydrogens (tertiary/aromatic N) is 2. The summed E-state index contributed by atoms with van der Waals surface area (Å²) in [5.41, 5.74) is 8.44. The fourth-order valence-corrected chi connectivity index (χ4v) is 5.15. The van der Waals surface area contributed by atoms with Gasteiger partial charge in [-0.25, -0.2) is 0 Å². The lowest BCUT2D eigenvalue weighted by Gasteiger charge is -2.10. The minimum Gasteiger partial charge on any atom is -0.351 e. The molecule has 0 unspecified atom stereocenters. The molecule has 1 aliphatic rings. The lowest BCUT2D eigenvalue weighted by molar-refractivity contribution is 0.0948. The zero-order chi connectivity index (χ0) is 23.1. The normalized spacial score (nSPS) is 13.3. The smallest absolute Gasteiger partial charge is 0.268 e. The van der Waals surface area contributed by atoms with E-state index in [-0.39, 0.29) is 5.91 Å². The Kier molecular flexibility index (Phi) is 5.98. The highest BCUT2D eigenvalue weighted by molar-refractivity contribution is 6.42. The highest BCUT2D eigenvalue weighted by atomic mass is 35.5. The molecule has 4 nitrogen and oxygen atoms in total. The van der Waals surface area contributed by atoms with Crippen LogP contribution in [0, 0.1) is 6.92 Å². The molecule has 0 radical (unpaired) electrons. The van der Waals surface area contributed by atoms with Crippen LogP contribution in [-0.4, -0.2) is 21.4 Å². The first-order valence-electron chi connectivity index (χ1n) is 11.6. The Bertz CT molecular complexity index is 1350. The third-order valence-corrected chi connectivity index (χ3v) is 7.18. The van der Waals surface area contributed by atoms with Gasteiger partial charge in [-0.15, -0.1) is 0 Å². The Hall–Kier alpha value is -2.69. The van der Waals surface area contributed by atoms with Gasteiger partial charge in [-0.2, -0.15) is 0 Å². The minimum atomic E-state index is -0.0351. The SMILES string of the molecule is CCCNC(=O)c1c(-c2ccc(C)cc2)c2c3n(c(-c4ccc(Cl)c(Cl)c4)cn13)CCCC2. The molecule has 2 aromatic carbocycles. The average molecular weight is 480 g/mol. The van der Waals surface area contributed by atoms with Crippen molar-refractivity contribution in [3.8, 4) is 22.4 Å². The standard InChI is InChI=1S/C27H27Cl2N3O/c1-3-13-30-26(33)25-24(18-9-7-17(2)8-10-18)20-6-4-5-14-31-23(16-32(25)27(20)31)19-11-12-21(28)22(29)15-19/h7-12,15-16H,3-6,13-14H2,1-2H3,(H,30,33). The summed E-state index contributed by atoms with van der Waals surface area (Å²) in [7, 11) is 0. The molecular formula is C27H27Cl2N3O. The van der Waals surface area contributed by atoms with Gasteiger partial charge in [0.2, 0.25) is 0 Å². The summed E-state index contributed by atoms with van der Waals surface area (Å²) in [6.07, 6.45) is 6.08. The van der Waals surface area contributed by atoms with Crippen LogP contribution in [0.2, 0.25) is 10.0 Å². The van der Waals surface area contributed by atoms with Gasteiger partial charge in [0.15, 0.2) is 0 Å². The number of imidazole rings is 1. The molecule has 0 aliphatic carbocycles. The summed E-state index contributed by atoms with van der Waals surface area (Å²) in [5.74, 6) is -0.0351. The quantitative estimate of drug-likeness (QED) is 0.323. The Morgan fingerprint density at radius 3 is 2.52 bits per heavy atom. The average Bonchev–Trinajstić information content (AvgIpc) is 3.22. The molecule has 0 bridgehead atoms.